The molecule has 0 spiro atoms. The molecule has 0 aromatic heterocycles. The lowest BCUT2D eigenvalue weighted by Gasteiger charge is -2.22. The van der Waals surface area contributed by atoms with Crippen LogP contribution in [0.1, 0.15) is 12.8 Å². The SMILES string of the molecule is COC(=O)CC1CC(C#N)=C(C(=C=N)C#N)NC1=O. The van der Waals surface area contributed by atoms with Gasteiger partial charge in [0.1, 0.15) is 11.6 Å². The van der Waals surface area contributed by atoms with E-state index in [4.69, 9.17) is 15.9 Å². The number of hydrogen-bond donors (Lipinski definition) is 2. The summed E-state index contributed by atoms with van der Waals surface area (Å²) in [6.45, 7) is 0. The van der Waals surface area contributed by atoms with Crippen LogP contribution in [0, 0.1) is 34.0 Å². The molecule has 0 aromatic rings. The average molecular weight is 258 g/mol. The maximum absolute atomic E-state index is 11.8. The summed E-state index contributed by atoms with van der Waals surface area (Å²) in [5.74, 6) is 0.116. The van der Waals surface area contributed by atoms with Crippen molar-refractivity contribution in [2.45, 2.75) is 12.8 Å². The molecule has 1 amide bonds. The third kappa shape index (κ3) is 3.06. The van der Waals surface area contributed by atoms with Gasteiger partial charge in [-0.05, 0) is 12.3 Å². The standard InChI is InChI=1S/C12H10N4O3/c1-19-10(17)3-7-2-8(4-13)11(16-12(7)18)9(5-14)6-15/h7,14H,2-3H2,1H3,(H,16,18). The van der Waals surface area contributed by atoms with E-state index in [0.717, 1.165) is 0 Å². The van der Waals surface area contributed by atoms with E-state index in [9.17, 15) is 9.59 Å². The van der Waals surface area contributed by atoms with Crippen LogP contribution in [0.4, 0.5) is 0 Å². The number of nitrogens with one attached hydrogen (secondary N) is 2. The summed E-state index contributed by atoms with van der Waals surface area (Å²) in [5, 5.41) is 27.1. The minimum absolute atomic E-state index is 0.00823. The van der Waals surface area contributed by atoms with E-state index in [1.165, 1.54) is 7.11 Å². The van der Waals surface area contributed by atoms with Gasteiger partial charge in [0, 0.05) is 0 Å². The second-order valence-corrected chi connectivity index (χ2v) is 3.75. The van der Waals surface area contributed by atoms with E-state index in [1.807, 2.05) is 11.9 Å². The van der Waals surface area contributed by atoms with Gasteiger partial charge in [0.15, 0.2) is 0 Å². The van der Waals surface area contributed by atoms with Gasteiger partial charge in [-0.3, -0.25) is 15.0 Å². The Morgan fingerprint density at radius 2 is 2.26 bits per heavy atom. The number of carbonyl (C=O) groups excluding carboxylic acids is 2. The molecule has 0 saturated carbocycles. The Morgan fingerprint density at radius 3 is 2.74 bits per heavy atom. The first-order valence-corrected chi connectivity index (χ1v) is 5.28. The lowest BCUT2D eigenvalue weighted by molar-refractivity contribution is -0.144. The first kappa shape index (κ1) is 14.2. The summed E-state index contributed by atoms with van der Waals surface area (Å²) in [6, 6.07) is 3.54. The normalized spacial score (nSPS) is 17.6. The Hall–Kier alpha value is -2.89. The van der Waals surface area contributed by atoms with Gasteiger partial charge in [0.2, 0.25) is 5.91 Å². The zero-order valence-electron chi connectivity index (χ0n) is 10.1. The summed E-state index contributed by atoms with van der Waals surface area (Å²) in [4.78, 5) is 22.9. The topological polar surface area (TPSA) is 127 Å². The number of ether oxygens (including phenoxy) is 1. The van der Waals surface area contributed by atoms with E-state index in [-0.39, 0.29) is 29.7 Å². The summed E-state index contributed by atoms with van der Waals surface area (Å²) in [5.41, 5.74) is -0.0858. The van der Waals surface area contributed by atoms with E-state index >= 15 is 0 Å². The van der Waals surface area contributed by atoms with Crippen molar-refractivity contribution in [2.75, 3.05) is 7.11 Å². The molecule has 1 atom stereocenters. The van der Waals surface area contributed by atoms with Crippen LogP contribution >= 0.6 is 0 Å². The molecule has 1 unspecified atom stereocenters. The molecule has 1 aliphatic heterocycles. The average Bonchev–Trinajstić information content (AvgIpc) is 2.42. The Bertz CT molecular complexity index is 585. The molecule has 7 nitrogen and oxygen atoms in total. The summed E-state index contributed by atoms with van der Waals surface area (Å²) < 4.78 is 4.47. The first-order chi connectivity index (χ1) is 9.07. The minimum Gasteiger partial charge on any atom is -0.469 e. The second kappa shape index (κ2) is 6.15. The van der Waals surface area contributed by atoms with Crippen molar-refractivity contribution in [3.05, 3.63) is 16.8 Å². The lowest BCUT2D eigenvalue weighted by Crippen LogP contribution is -2.37. The molecule has 0 radical (unpaired) electrons. The maximum Gasteiger partial charge on any atom is 0.306 e. The van der Waals surface area contributed by atoms with Crippen LogP contribution in [-0.2, 0) is 14.3 Å². The van der Waals surface area contributed by atoms with E-state index in [2.05, 4.69) is 10.1 Å². The predicted octanol–water partition coefficient (Wildman–Crippen LogP) is 0.162. The van der Waals surface area contributed by atoms with Crippen LogP contribution in [0.15, 0.2) is 16.8 Å². The van der Waals surface area contributed by atoms with Crippen LogP contribution < -0.4 is 5.32 Å². The molecule has 0 fully saturated rings. The molecule has 0 aliphatic carbocycles. The molecule has 0 aromatic carbocycles. The number of nitriles is 2. The van der Waals surface area contributed by atoms with Gasteiger partial charge in [-0.15, -0.1) is 0 Å². The Balaban J connectivity index is 3.08. The van der Waals surface area contributed by atoms with Crippen LogP contribution in [0.3, 0.4) is 0 Å². The van der Waals surface area contributed by atoms with Gasteiger partial charge in [0.25, 0.3) is 0 Å². The fourth-order valence-electron chi connectivity index (χ4n) is 1.65. The number of hydrogen-bond acceptors (Lipinski definition) is 6. The molecule has 2 N–H and O–H groups in total. The highest BCUT2D eigenvalue weighted by molar-refractivity contribution is 5.89. The molecule has 1 heterocycles. The highest BCUT2D eigenvalue weighted by Crippen LogP contribution is 2.25. The zero-order chi connectivity index (χ0) is 14.4. The summed E-state index contributed by atoms with van der Waals surface area (Å²) in [7, 11) is 1.21. The van der Waals surface area contributed by atoms with Gasteiger partial charge in [-0.2, -0.15) is 10.5 Å². The second-order valence-electron chi connectivity index (χ2n) is 3.75. The third-order valence-electron chi connectivity index (χ3n) is 2.63. The molecular formula is C12H10N4O3. The van der Waals surface area contributed by atoms with Crippen LogP contribution in [0.5, 0.6) is 0 Å². The quantitative estimate of drug-likeness (QED) is 0.423. The Morgan fingerprint density at radius 1 is 1.58 bits per heavy atom. The number of nitrogens with zero attached hydrogens (tertiary/aromatic N) is 2. The van der Waals surface area contributed by atoms with Gasteiger partial charge in [-0.25, -0.2) is 0 Å². The van der Waals surface area contributed by atoms with Crippen molar-refractivity contribution in [1.82, 2.24) is 5.32 Å². The Kier molecular flexibility index (Phi) is 4.59. The number of esters is 1. The lowest BCUT2D eigenvalue weighted by atomic mass is 9.89. The van der Waals surface area contributed by atoms with Gasteiger partial charge >= 0.3 is 5.97 Å². The van der Waals surface area contributed by atoms with Crippen LogP contribution in [0.25, 0.3) is 0 Å². The molecule has 1 aliphatic rings. The van der Waals surface area contributed by atoms with Crippen molar-refractivity contribution in [2.24, 2.45) is 5.92 Å². The highest BCUT2D eigenvalue weighted by Gasteiger charge is 2.31. The number of amides is 1. The smallest absolute Gasteiger partial charge is 0.306 e. The minimum atomic E-state index is -0.712. The fourth-order valence-corrected chi connectivity index (χ4v) is 1.65. The van der Waals surface area contributed by atoms with Crippen LogP contribution in [-0.4, -0.2) is 24.9 Å². The van der Waals surface area contributed by atoms with E-state index < -0.39 is 17.8 Å². The van der Waals surface area contributed by atoms with Crippen molar-refractivity contribution in [3.63, 3.8) is 0 Å². The molecule has 0 saturated heterocycles. The number of methoxy groups -OCH3 is 1. The molecule has 19 heavy (non-hydrogen) atoms. The molecule has 1 rings (SSSR count). The van der Waals surface area contributed by atoms with Crippen molar-refractivity contribution < 1.29 is 14.3 Å². The third-order valence-corrected chi connectivity index (χ3v) is 2.63. The Labute approximate surface area is 109 Å². The van der Waals surface area contributed by atoms with Gasteiger partial charge in [0.05, 0.1) is 36.8 Å². The monoisotopic (exact) mass is 258 g/mol. The van der Waals surface area contributed by atoms with Gasteiger partial charge in [-0.1, -0.05) is 0 Å². The number of rotatable bonds is 3. The first-order valence-electron chi connectivity index (χ1n) is 5.28. The van der Waals surface area contributed by atoms with Crippen LogP contribution in [0.2, 0.25) is 0 Å². The summed E-state index contributed by atoms with van der Waals surface area (Å²) in [6.07, 6.45) is -0.114. The molecule has 96 valence electrons. The van der Waals surface area contributed by atoms with E-state index in [1.54, 1.807) is 6.07 Å². The van der Waals surface area contributed by atoms with Gasteiger partial charge < -0.3 is 10.1 Å². The molecule has 7 heteroatoms. The number of allylic oxidation sites excluding steroid dienone is 2. The van der Waals surface area contributed by atoms with Crippen molar-refractivity contribution in [1.29, 1.82) is 15.9 Å². The maximum atomic E-state index is 11.8. The highest BCUT2D eigenvalue weighted by atomic mass is 16.5. The van der Waals surface area contributed by atoms with E-state index in [0.29, 0.717) is 0 Å². The van der Waals surface area contributed by atoms with Crippen molar-refractivity contribution >= 4 is 17.7 Å². The predicted molar refractivity (Wildman–Crippen MR) is 62.4 cm³/mol. The summed E-state index contributed by atoms with van der Waals surface area (Å²) >= 11 is 0. The van der Waals surface area contributed by atoms with Crippen molar-refractivity contribution in [3.8, 4) is 12.1 Å². The zero-order valence-corrected chi connectivity index (χ0v) is 10.1. The molecule has 0 bridgehead atoms. The fraction of sp³-hybridized carbons (Fsp3) is 0.333. The molecular weight excluding hydrogens is 248 g/mol. The largest absolute Gasteiger partial charge is 0.469 e. The number of carbonyl (C=O) groups is 2.